The van der Waals surface area contributed by atoms with Crippen LogP contribution in [0.15, 0.2) is 273 Å². The molecule has 0 aliphatic heterocycles. The molecule has 0 heterocycles. The first-order valence-electron chi connectivity index (χ1n) is 19.2. The van der Waals surface area contributed by atoms with Gasteiger partial charge in [-0.1, -0.05) is 273 Å². The molecule has 0 saturated heterocycles. The van der Waals surface area contributed by atoms with E-state index in [4.69, 9.17) is 0 Å². The van der Waals surface area contributed by atoms with Crippen molar-refractivity contribution in [3.63, 3.8) is 0 Å². The van der Waals surface area contributed by atoms with E-state index in [2.05, 4.69) is 273 Å². The van der Waals surface area contributed by atoms with E-state index in [0.717, 1.165) is 0 Å². The second kappa shape index (κ2) is 29.4. The van der Waals surface area contributed by atoms with Crippen LogP contribution < -0.4 is 120 Å². The third-order valence-electron chi connectivity index (χ3n) is 9.13. The van der Waals surface area contributed by atoms with Crippen molar-refractivity contribution in [3.8, 4) is 0 Å². The van der Waals surface area contributed by atoms with Gasteiger partial charge in [0.15, 0.2) is 0 Å². The van der Waals surface area contributed by atoms with Gasteiger partial charge in [-0.15, -0.1) is 0 Å². The molecule has 9 aromatic carbocycles. The van der Waals surface area contributed by atoms with E-state index in [-0.39, 0.29) is 91.4 Å². The van der Waals surface area contributed by atoms with Gasteiger partial charge in [0.1, 0.15) is 0 Å². The summed E-state index contributed by atoms with van der Waals surface area (Å²) in [4.78, 5) is 0. The maximum atomic E-state index is 2.23. The minimum absolute atomic E-state index is 0. The molecule has 61 heavy (non-hydrogen) atoms. The first-order valence-corrected chi connectivity index (χ1v) is 23.2. The summed E-state index contributed by atoms with van der Waals surface area (Å²) in [7, 11) is -1.34. The van der Waals surface area contributed by atoms with Crippen molar-refractivity contribution in [2.75, 3.05) is 0 Å². The van der Waals surface area contributed by atoms with Crippen LogP contribution in [0.5, 0.6) is 0 Å². The first kappa shape index (κ1) is 52.4. The Balaban J connectivity index is 0.000000236. The van der Waals surface area contributed by atoms with Crippen molar-refractivity contribution in [3.05, 3.63) is 273 Å². The quantitative estimate of drug-likeness (QED) is 0.117. The fourth-order valence-electron chi connectivity index (χ4n) is 6.54. The Morgan fingerprint density at radius 3 is 0.311 bits per heavy atom. The van der Waals surface area contributed by atoms with Gasteiger partial charge in [-0.3, -0.25) is 0 Å². The molecule has 0 radical (unpaired) electrons. The summed E-state index contributed by atoms with van der Waals surface area (Å²) in [6.07, 6.45) is 0. The molecule has 0 fully saturated rings. The first-order chi connectivity index (χ1) is 28.3. The molecule has 0 saturated carbocycles. The zero-order chi connectivity index (χ0) is 38.7. The molecular weight excluding hydrogens is 1230 g/mol. The van der Waals surface area contributed by atoms with Gasteiger partial charge in [0.2, 0.25) is 0 Å². The van der Waals surface area contributed by atoms with Crippen LogP contribution in [0.4, 0.5) is 0 Å². The number of benzene rings is 9. The molecule has 0 aliphatic carbocycles. The Bertz CT molecular complexity index is 1880. The zero-order valence-corrected chi connectivity index (χ0v) is 44.1. The Kier molecular flexibility index (Phi) is 25.3. The van der Waals surface area contributed by atoms with Crippen molar-refractivity contribution in [2.24, 2.45) is 0 Å². The van der Waals surface area contributed by atoms with Gasteiger partial charge in [0.25, 0.3) is 0 Å². The fourth-order valence-corrected chi connectivity index (χ4v) is 13.5. The minimum Gasteiger partial charge on any atom is -1.00 e. The molecule has 0 aromatic heterocycles. The SMILES string of the molecule is [I-].[I-].[I-].[Rh+3].c1ccc(P(c2ccccc2)c2ccccc2)cc1.c1ccc(P(c2ccccc2)c2ccccc2)cc1.c1ccc(P(c2ccccc2)c2ccccc2)cc1. The van der Waals surface area contributed by atoms with E-state index in [1.54, 1.807) is 0 Å². The van der Waals surface area contributed by atoms with Crippen LogP contribution in [-0.4, -0.2) is 0 Å². The largest absolute Gasteiger partial charge is 3.00 e. The van der Waals surface area contributed by atoms with Crippen LogP contribution in [0.1, 0.15) is 0 Å². The predicted octanol–water partition coefficient (Wildman–Crippen LogP) is 1.34. The maximum absolute atomic E-state index is 2.23. The monoisotopic (exact) mass is 1270 g/mol. The van der Waals surface area contributed by atoms with Crippen molar-refractivity contribution in [1.29, 1.82) is 0 Å². The molecule has 9 aromatic rings. The van der Waals surface area contributed by atoms with Gasteiger partial charge in [-0.2, -0.15) is 0 Å². The van der Waals surface area contributed by atoms with Crippen LogP contribution in [0.2, 0.25) is 0 Å². The molecule has 9 rings (SSSR count). The van der Waals surface area contributed by atoms with Crippen LogP contribution in [0, 0.1) is 0 Å². The third-order valence-corrected chi connectivity index (χ3v) is 16.5. The Labute approximate surface area is 431 Å². The van der Waals surface area contributed by atoms with E-state index >= 15 is 0 Å². The average Bonchev–Trinajstić information content (AvgIpc) is 3.30. The molecule has 306 valence electrons. The summed E-state index contributed by atoms with van der Waals surface area (Å²) < 4.78 is 0. The molecule has 7 heteroatoms. The van der Waals surface area contributed by atoms with E-state index < -0.39 is 23.8 Å². The number of halogens is 3. The van der Waals surface area contributed by atoms with Gasteiger partial charge in [-0.05, 0) is 71.5 Å². The van der Waals surface area contributed by atoms with Crippen molar-refractivity contribution < 1.29 is 91.4 Å². The van der Waals surface area contributed by atoms with Crippen molar-refractivity contribution >= 4 is 71.5 Å². The summed E-state index contributed by atoms with van der Waals surface area (Å²) in [6, 6.07) is 97.0. The summed E-state index contributed by atoms with van der Waals surface area (Å²) in [6.45, 7) is 0. The normalized spacial score (nSPS) is 9.89. The Hall–Kier alpha value is -2.92. The molecule has 0 bridgehead atoms. The third kappa shape index (κ3) is 15.7. The van der Waals surface area contributed by atoms with E-state index in [1.807, 2.05) is 0 Å². The molecule has 0 nitrogen and oxygen atoms in total. The molecule has 0 unspecified atom stereocenters. The summed E-state index contributed by atoms with van der Waals surface area (Å²) in [5, 5.41) is 12.6. The van der Waals surface area contributed by atoms with Crippen LogP contribution in [0.25, 0.3) is 0 Å². The average molecular weight is 1270 g/mol. The van der Waals surface area contributed by atoms with Gasteiger partial charge < -0.3 is 71.9 Å². The van der Waals surface area contributed by atoms with E-state index in [9.17, 15) is 0 Å². The van der Waals surface area contributed by atoms with Crippen LogP contribution >= 0.6 is 23.8 Å². The zero-order valence-electron chi connectivity index (χ0n) is 33.3. The molecular formula is C54H45I3P3Rh. The Morgan fingerprint density at radius 1 is 0.148 bits per heavy atom. The second-order valence-electron chi connectivity index (χ2n) is 13.0. The van der Waals surface area contributed by atoms with Gasteiger partial charge in [0.05, 0.1) is 0 Å². The maximum Gasteiger partial charge on any atom is 3.00 e. The summed E-state index contributed by atoms with van der Waals surface area (Å²) >= 11 is 0. The molecule has 0 spiro atoms. The summed E-state index contributed by atoms with van der Waals surface area (Å²) in [5.41, 5.74) is 0. The standard InChI is InChI=1S/3C18H15P.3HI.Rh/c3*1-4-10-16(11-5-1)19(17-12-6-2-7-13-17)18-14-8-3-9-15-18;;;;/h3*1-15H;3*1H;/q;;;;;;+3/p-3. The fraction of sp³-hybridized carbons (Fsp3) is 0. The van der Waals surface area contributed by atoms with Crippen molar-refractivity contribution in [2.45, 2.75) is 0 Å². The number of rotatable bonds is 9. The van der Waals surface area contributed by atoms with Gasteiger partial charge >= 0.3 is 19.5 Å². The minimum atomic E-state index is -0.446. The van der Waals surface area contributed by atoms with Crippen molar-refractivity contribution in [1.82, 2.24) is 0 Å². The topological polar surface area (TPSA) is 0 Å². The molecule has 0 aliphatic rings. The smallest absolute Gasteiger partial charge is 1.00 e. The Morgan fingerprint density at radius 2 is 0.230 bits per heavy atom. The van der Waals surface area contributed by atoms with Gasteiger partial charge in [-0.25, -0.2) is 0 Å². The summed E-state index contributed by atoms with van der Waals surface area (Å²) in [5.74, 6) is 0. The van der Waals surface area contributed by atoms with Crippen LogP contribution in [-0.2, 0) is 19.5 Å². The number of hydrogen-bond acceptors (Lipinski definition) is 0. The van der Waals surface area contributed by atoms with Gasteiger partial charge in [0, 0.05) is 0 Å². The predicted molar refractivity (Wildman–Crippen MR) is 255 cm³/mol. The van der Waals surface area contributed by atoms with E-state index in [1.165, 1.54) is 47.7 Å². The molecule has 0 amide bonds. The molecule has 0 atom stereocenters. The van der Waals surface area contributed by atoms with Crippen LogP contribution in [0.3, 0.4) is 0 Å². The number of hydrogen-bond donors (Lipinski definition) is 0. The van der Waals surface area contributed by atoms with E-state index in [0.29, 0.717) is 0 Å². The second-order valence-corrected chi connectivity index (χ2v) is 19.7. The molecule has 0 N–H and O–H groups in total.